The van der Waals surface area contributed by atoms with Gasteiger partial charge in [0, 0.05) is 6.92 Å². The van der Waals surface area contributed by atoms with Crippen LogP contribution < -0.4 is 0 Å². The molecule has 0 atom stereocenters. The summed E-state index contributed by atoms with van der Waals surface area (Å²) in [6.07, 6.45) is 3.84. The van der Waals surface area contributed by atoms with E-state index in [-0.39, 0.29) is 12.2 Å². The van der Waals surface area contributed by atoms with Gasteiger partial charge in [0.25, 0.3) is 0 Å². The number of hydrogen-bond donors (Lipinski definition) is 0. The number of esters is 1. The van der Waals surface area contributed by atoms with E-state index >= 15 is 0 Å². The zero-order valence-corrected chi connectivity index (χ0v) is 13.9. The predicted octanol–water partition coefficient (Wildman–Crippen LogP) is 1.77. The SMILES string of the molecule is COC(=O)CC1(N(C(C)=O)C(=O)OC(C)(C)C)C=CC(=O)C=C1. The van der Waals surface area contributed by atoms with E-state index in [0.29, 0.717) is 0 Å². The predicted molar refractivity (Wildman–Crippen MR) is 81.4 cm³/mol. The first-order valence-electron chi connectivity index (χ1n) is 7.04. The Hall–Kier alpha value is -2.44. The third kappa shape index (κ3) is 4.77. The van der Waals surface area contributed by atoms with Crippen molar-refractivity contribution in [2.24, 2.45) is 0 Å². The number of hydrogen-bond acceptors (Lipinski definition) is 6. The van der Waals surface area contributed by atoms with Crippen molar-refractivity contribution in [3.63, 3.8) is 0 Å². The highest BCUT2D eigenvalue weighted by molar-refractivity contribution is 6.02. The van der Waals surface area contributed by atoms with Gasteiger partial charge in [-0.05, 0) is 45.1 Å². The zero-order chi connectivity index (χ0) is 17.8. The summed E-state index contributed by atoms with van der Waals surface area (Å²) in [4.78, 5) is 48.4. The minimum absolute atomic E-state index is 0.307. The Labute approximate surface area is 134 Å². The van der Waals surface area contributed by atoms with Gasteiger partial charge < -0.3 is 9.47 Å². The molecule has 0 heterocycles. The Kier molecular flexibility index (Phi) is 5.47. The van der Waals surface area contributed by atoms with E-state index in [9.17, 15) is 19.2 Å². The van der Waals surface area contributed by atoms with Crippen molar-refractivity contribution in [2.75, 3.05) is 7.11 Å². The van der Waals surface area contributed by atoms with Crippen LogP contribution in [-0.2, 0) is 23.9 Å². The minimum Gasteiger partial charge on any atom is -0.469 e. The summed E-state index contributed by atoms with van der Waals surface area (Å²) < 4.78 is 9.88. The smallest absolute Gasteiger partial charge is 0.418 e. The summed E-state index contributed by atoms with van der Waals surface area (Å²) in [7, 11) is 1.20. The van der Waals surface area contributed by atoms with E-state index < -0.39 is 29.1 Å². The summed E-state index contributed by atoms with van der Waals surface area (Å²) in [5, 5.41) is 0. The largest absolute Gasteiger partial charge is 0.469 e. The molecule has 2 amide bonds. The molecular weight excluding hydrogens is 302 g/mol. The molecular formula is C16H21NO6. The number of allylic oxidation sites excluding steroid dienone is 2. The maximum atomic E-state index is 12.4. The molecule has 0 aliphatic heterocycles. The molecule has 0 unspecified atom stereocenters. The number of ether oxygens (including phenoxy) is 2. The minimum atomic E-state index is -1.44. The molecule has 7 heteroatoms. The molecule has 7 nitrogen and oxygen atoms in total. The van der Waals surface area contributed by atoms with Gasteiger partial charge in [0.05, 0.1) is 13.5 Å². The van der Waals surface area contributed by atoms with Gasteiger partial charge in [0.2, 0.25) is 5.91 Å². The topological polar surface area (TPSA) is 90.0 Å². The first kappa shape index (κ1) is 18.6. The van der Waals surface area contributed by atoms with Gasteiger partial charge in [-0.15, -0.1) is 0 Å². The van der Waals surface area contributed by atoms with Gasteiger partial charge in [-0.2, -0.15) is 0 Å². The first-order valence-corrected chi connectivity index (χ1v) is 7.04. The van der Waals surface area contributed by atoms with E-state index in [0.717, 1.165) is 4.90 Å². The standard InChI is InChI=1S/C16H21NO6/c1-11(18)17(14(21)23-15(2,3)4)16(10-13(20)22-5)8-6-12(19)7-9-16/h6-9H,10H2,1-5H3. The van der Waals surface area contributed by atoms with Crippen LogP contribution in [0.25, 0.3) is 0 Å². The maximum absolute atomic E-state index is 12.4. The Morgan fingerprint density at radius 1 is 1.17 bits per heavy atom. The zero-order valence-electron chi connectivity index (χ0n) is 13.9. The number of carbonyl (C=O) groups is 4. The van der Waals surface area contributed by atoms with Crippen molar-refractivity contribution >= 4 is 23.8 Å². The Balaban J connectivity index is 3.30. The van der Waals surface area contributed by atoms with Crippen LogP contribution in [0.15, 0.2) is 24.3 Å². The fraction of sp³-hybridized carbons (Fsp3) is 0.500. The van der Waals surface area contributed by atoms with E-state index in [1.807, 2.05) is 0 Å². The monoisotopic (exact) mass is 323 g/mol. The van der Waals surface area contributed by atoms with Crippen molar-refractivity contribution < 1.29 is 28.7 Å². The second kappa shape index (κ2) is 6.76. The number of carbonyl (C=O) groups excluding carboxylic acids is 4. The van der Waals surface area contributed by atoms with Gasteiger partial charge in [0.1, 0.15) is 11.1 Å². The van der Waals surface area contributed by atoms with Crippen LogP contribution in [0.3, 0.4) is 0 Å². The van der Waals surface area contributed by atoms with Crippen molar-refractivity contribution in [2.45, 2.75) is 45.3 Å². The fourth-order valence-corrected chi connectivity index (χ4v) is 2.11. The number of imide groups is 1. The van der Waals surface area contributed by atoms with E-state index in [1.54, 1.807) is 20.8 Å². The van der Waals surface area contributed by atoms with Crippen molar-refractivity contribution in [1.82, 2.24) is 4.90 Å². The van der Waals surface area contributed by atoms with E-state index in [2.05, 4.69) is 4.74 Å². The van der Waals surface area contributed by atoms with Crippen LogP contribution in [0.4, 0.5) is 4.79 Å². The molecule has 1 aliphatic rings. The highest BCUT2D eigenvalue weighted by atomic mass is 16.6. The van der Waals surface area contributed by atoms with Gasteiger partial charge >= 0.3 is 12.1 Å². The van der Waals surface area contributed by atoms with Gasteiger partial charge in [-0.3, -0.25) is 14.4 Å². The van der Waals surface area contributed by atoms with Crippen molar-refractivity contribution in [3.05, 3.63) is 24.3 Å². The van der Waals surface area contributed by atoms with Gasteiger partial charge in [-0.1, -0.05) is 0 Å². The Morgan fingerprint density at radius 2 is 1.70 bits per heavy atom. The molecule has 0 bridgehead atoms. The highest BCUT2D eigenvalue weighted by Crippen LogP contribution is 2.29. The molecule has 0 N–H and O–H groups in total. The number of ketones is 1. The van der Waals surface area contributed by atoms with Crippen LogP contribution in [-0.4, -0.2) is 46.9 Å². The third-order valence-corrected chi connectivity index (χ3v) is 3.03. The Morgan fingerprint density at radius 3 is 2.09 bits per heavy atom. The van der Waals surface area contributed by atoms with Gasteiger partial charge in [0.15, 0.2) is 5.78 Å². The average Bonchev–Trinajstić information content (AvgIpc) is 2.39. The summed E-state index contributed by atoms with van der Waals surface area (Å²) in [6.45, 7) is 6.16. The second-order valence-electron chi connectivity index (χ2n) is 6.15. The lowest BCUT2D eigenvalue weighted by molar-refractivity contribution is -0.144. The lowest BCUT2D eigenvalue weighted by Gasteiger charge is -2.38. The molecule has 0 spiro atoms. The molecule has 0 fully saturated rings. The number of methoxy groups -OCH3 is 1. The average molecular weight is 323 g/mol. The quantitative estimate of drug-likeness (QED) is 0.735. The summed E-state index contributed by atoms with van der Waals surface area (Å²) in [6, 6.07) is 0. The van der Waals surface area contributed by atoms with E-state index in [4.69, 9.17) is 4.74 Å². The summed E-state index contributed by atoms with van der Waals surface area (Å²) >= 11 is 0. The molecule has 0 aromatic heterocycles. The highest BCUT2D eigenvalue weighted by Gasteiger charge is 2.43. The van der Waals surface area contributed by atoms with Crippen molar-refractivity contribution in [3.8, 4) is 0 Å². The molecule has 0 saturated carbocycles. The number of nitrogens with zero attached hydrogens (tertiary/aromatic N) is 1. The molecule has 0 saturated heterocycles. The van der Waals surface area contributed by atoms with Gasteiger partial charge in [-0.25, -0.2) is 9.69 Å². The molecule has 0 aromatic rings. The van der Waals surface area contributed by atoms with Crippen LogP contribution >= 0.6 is 0 Å². The lowest BCUT2D eigenvalue weighted by atomic mass is 9.88. The molecule has 1 rings (SSSR count). The summed E-state index contributed by atoms with van der Waals surface area (Å²) in [5.41, 5.74) is -2.26. The Bertz CT molecular complexity index is 566. The van der Waals surface area contributed by atoms with Crippen LogP contribution in [0.1, 0.15) is 34.1 Å². The maximum Gasteiger partial charge on any atom is 0.418 e. The van der Waals surface area contributed by atoms with Crippen LogP contribution in [0, 0.1) is 0 Å². The third-order valence-electron chi connectivity index (χ3n) is 3.03. The number of rotatable bonds is 3. The van der Waals surface area contributed by atoms with Crippen LogP contribution in [0.5, 0.6) is 0 Å². The molecule has 126 valence electrons. The molecule has 1 aliphatic carbocycles. The van der Waals surface area contributed by atoms with Crippen molar-refractivity contribution in [1.29, 1.82) is 0 Å². The second-order valence-corrected chi connectivity index (χ2v) is 6.15. The molecule has 0 aromatic carbocycles. The number of amides is 2. The first-order chi connectivity index (χ1) is 10.5. The molecule has 0 radical (unpaired) electrons. The normalized spacial score (nSPS) is 16.0. The van der Waals surface area contributed by atoms with Crippen LogP contribution in [0.2, 0.25) is 0 Å². The summed E-state index contributed by atoms with van der Waals surface area (Å²) in [5.74, 6) is -1.56. The van der Waals surface area contributed by atoms with E-state index in [1.165, 1.54) is 38.3 Å². The fourth-order valence-electron chi connectivity index (χ4n) is 2.11. The lowest BCUT2D eigenvalue weighted by Crippen LogP contribution is -2.55. The molecule has 23 heavy (non-hydrogen) atoms.